The lowest BCUT2D eigenvalue weighted by atomic mass is 10.2. The molecule has 13 heavy (non-hydrogen) atoms. The van der Waals surface area contributed by atoms with Gasteiger partial charge in [-0.2, -0.15) is 0 Å². The molecule has 2 N–H and O–H groups in total. The zero-order valence-corrected chi connectivity index (χ0v) is 7.57. The summed E-state index contributed by atoms with van der Waals surface area (Å²) in [6.45, 7) is 3.90. The van der Waals surface area contributed by atoms with Gasteiger partial charge in [0.2, 0.25) is 0 Å². The number of hydrogen-bond donors (Lipinski definition) is 2. The maximum Gasteiger partial charge on any atom is 0.407 e. The fraction of sp³-hybridized carbons (Fsp3) is 0.667. The van der Waals surface area contributed by atoms with E-state index in [2.05, 4.69) is 6.58 Å². The van der Waals surface area contributed by atoms with Gasteiger partial charge in [-0.15, -0.1) is 6.58 Å². The van der Waals surface area contributed by atoms with Crippen LogP contribution < -0.4 is 0 Å². The third-order valence-corrected chi connectivity index (χ3v) is 2.48. The van der Waals surface area contributed by atoms with Crippen molar-refractivity contribution in [3.05, 3.63) is 12.7 Å². The van der Waals surface area contributed by atoms with Crippen LogP contribution in [0.3, 0.4) is 0 Å². The number of aliphatic hydroxyl groups excluding tert-OH is 1. The van der Waals surface area contributed by atoms with E-state index in [1.807, 2.05) is 0 Å². The molecule has 4 nitrogen and oxygen atoms in total. The number of amides is 1. The molecule has 74 valence electrons. The van der Waals surface area contributed by atoms with Crippen LogP contribution in [0.5, 0.6) is 0 Å². The maximum absolute atomic E-state index is 10.8. The van der Waals surface area contributed by atoms with Gasteiger partial charge in [-0.3, -0.25) is 0 Å². The van der Waals surface area contributed by atoms with Crippen LogP contribution in [0.15, 0.2) is 12.7 Å². The molecule has 4 heteroatoms. The van der Waals surface area contributed by atoms with E-state index in [0.29, 0.717) is 13.0 Å². The highest BCUT2D eigenvalue weighted by atomic mass is 16.4. The summed E-state index contributed by atoms with van der Waals surface area (Å²) < 4.78 is 0. The van der Waals surface area contributed by atoms with Gasteiger partial charge in [-0.25, -0.2) is 4.79 Å². The molecule has 0 spiro atoms. The van der Waals surface area contributed by atoms with Crippen LogP contribution in [0.25, 0.3) is 0 Å². The van der Waals surface area contributed by atoms with E-state index >= 15 is 0 Å². The summed E-state index contributed by atoms with van der Waals surface area (Å²) >= 11 is 0. The zero-order chi connectivity index (χ0) is 9.90. The molecule has 0 heterocycles. The molecule has 0 radical (unpaired) electrons. The Balaban J connectivity index is 2.57. The van der Waals surface area contributed by atoms with Crippen molar-refractivity contribution in [1.82, 2.24) is 4.90 Å². The first-order chi connectivity index (χ1) is 6.16. The molecule has 1 amide bonds. The molecule has 1 rings (SSSR count). The molecule has 0 aromatic heterocycles. The van der Waals surface area contributed by atoms with Gasteiger partial charge in [0.15, 0.2) is 0 Å². The standard InChI is InChI=1S/C9H15NO3/c1-2-3-6-10(8(12)13)9(7-11)4-5-9/h2,11H,1,3-7H2,(H,12,13). The Hall–Kier alpha value is -1.03. The predicted molar refractivity (Wildman–Crippen MR) is 48.6 cm³/mol. The molecular formula is C9H15NO3. The molecule has 1 aliphatic rings. The highest BCUT2D eigenvalue weighted by Crippen LogP contribution is 2.41. The number of rotatable bonds is 5. The Bertz CT molecular complexity index is 211. The Morgan fingerprint density at radius 1 is 1.62 bits per heavy atom. The van der Waals surface area contributed by atoms with Crippen molar-refractivity contribution in [2.45, 2.75) is 24.8 Å². The largest absolute Gasteiger partial charge is 0.465 e. The van der Waals surface area contributed by atoms with Gasteiger partial charge in [0, 0.05) is 6.54 Å². The first-order valence-corrected chi connectivity index (χ1v) is 4.38. The van der Waals surface area contributed by atoms with Gasteiger partial charge in [-0.1, -0.05) is 6.08 Å². The summed E-state index contributed by atoms with van der Waals surface area (Å²) in [5, 5.41) is 17.9. The lowest BCUT2D eigenvalue weighted by molar-refractivity contribution is 0.0879. The Kier molecular flexibility index (Phi) is 2.93. The first-order valence-electron chi connectivity index (χ1n) is 4.38. The first kappa shape index (κ1) is 10.1. The lowest BCUT2D eigenvalue weighted by Crippen LogP contribution is -2.44. The molecule has 0 aliphatic heterocycles. The molecule has 1 saturated carbocycles. The summed E-state index contributed by atoms with van der Waals surface area (Å²) in [5.41, 5.74) is -0.477. The van der Waals surface area contributed by atoms with E-state index in [0.717, 1.165) is 12.8 Å². The average molecular weight is 185 g/mol. The summed E-state index contributed by atoms with van der Waals surface area (Å²) in [6, 6.07) is 0. The SMILES string of the molecule is C=CCCN(C(=O)O)C1(CO)CC1. The summed E-state index contributed by atoms with van der Waals surface area (Å²) in [4.78, 5) is 12.2. The molecule has 0 aromatic rings. The van der Waals surface area contributed by atoms with E-state index in [-0.39, 0.29) is 6.61 Å². The van der Waals surface area contributed by atoms with Crippen LogP contribution in [-0.4, -0.2) is 39.9 Å². The minimum Gasteiger partial charge on any atom is -0.465 e. The molecule has 0 unspecified atom stereocenters. The molecule has 0 saturated heterocycles. The third-order valence-electron chi connectivity index (χ3n) is 2.48. The fourth-order valence-corrected chi connectivity index (χ4v) is 1.41. The quantitative estimate of drug-likeness (QED) is 0.630. The second-order valence-electron chi connectivity index (χ2n) is 3.39. The Morgan fingerprint density at radius 2 is 2.23 bits per heavy atom. The number of aliphatic hydroxyl groups is 1. The minimum atomic E-state index is -0.951. The fourth-order valence-electron chi connectivity index (χ4n) is 1.41. The highest BCUT2D eigenvalue weighted by molar-refractivity contribution is 5.67. The number of hydrogen-bond acceptors (Lipinski definition) is 2. The van der Waals surface area contributed by atoms with Gasteiger partial charge in [0.1, 0.15) is 0 Å². The van der Waals surface area contributed by atoms with E-state index in [1.165, 1.54) is 4.90 Å². The second kappa shape index (κ2) is 3.79. The van der Waals surface area contributed by atoms with E-state index in [9.17, 15) is 4.79 Å². The number of nitrogens with zero attached hydrogens (tertiary/aromatic N) is 1. The van der Waals surface area contributed by atoms with Crippen LogP contribution in [0.2, 0.25) is 0 Å². The summed E-state index contributed by atoms with van der Waals surface area (Å²) in [6.07, 6.45) is 2.91. The van der Waals surface area contributed by atoms with E-state index in [1.54, 1.807) is 6.08 Å². The van der Waals surface area contributed by atoms with Crippen LogP contribution in [0.4, 0.5) is 4.79 Å². The molecular weight excluding hydrogens is 170 g/mol. The lowest BCUT2D eigenvalue weighted by Gasteiger charge is -2.27. The molecule has 1 aliphatic carbocycles. The third kappa shape index (κ3) is 2.01. The van der Waals surface area contributed by atoms with Crippen molar-refractivity contribution in [3.8, 4) is 0 Å². The Morgan fingerprint density at radius 3 is 2.54 bits per heavy atom. The predicted octanol–water partition coefficient (Wildman–Crippen LogP) is 1.07. The molecule has 1 fully saturated rings. The number of carbonyl (C=O) groups is 1. The van der Waals surface area contributed by atoms with Crippen molar-refractivity contribution in [3.63, 3.8) is 0 Å². The number of carboxylic acid groups (broad SMARTS) is 1. The van der Waals surface area contributed by atoms with Crippen LogP contribution >= 0.6 is 0 Å². The second-order valence-corrected chi connectivity index (χ2v) is 3.39. The maximum atomic E-state index is 10.8. The van der Waals surface area contributed by atoms with Gasteiger partial charge < -0.3 is 15.1 Å². The van der Waals surface area contributed by atoms with Crippen molar-refractivity contribution in [2.75, 3.05) is 13.2 Å². The molecule has 0 bridgehead atoms. The van der Waals surface area contributed by atoms with Gasteiger partial charge in [-0.05, 0) is 19.3 Å². The minimum absolute atomic E-state index is 0.0730. The van der Waals surface area contributed by atoms with E-state index in [4.69, 9.17) is 10.2 Å². The Labute approximate surface area is 77.5 Å². The van der Waals surface area contributed by atoms with Crippen molar-refractivity contribution < 1.29 is 15.0 Å². The summed E-state index contributed by atoms with van der Waals surface area (Å²) in [5.74, 6) is 0. The topological polar surface area (TPSA) is 60.8 Å². The van der Waals surface area contributed by atoms with Crippen molar-refractivity contribution in [2.24, 2.45) is 0 Å². The molecule has 0 aromatic carbocycles. The van der Waals surface area contributed by atoms with Crippen molar-refractivity contribution >= 4 is 6.09 Å². The zero-order valence-electron chi connectivity index (χ0n) is 7.57. The van der Waals surface area contributed by atoms with Gasteiger partial charge >= 0.3 is 6.09 Å². The summed E-state index contributed by atoms with van der Waals surface area (Å²) in [7, 11) is 0. The monoisotopic (exact) mass is 185 g/mol. The normalized spacial score (nSPS) is 17.9. The average Bonchev–Trinajstić information content (AvgIpc) is 2.86. The molecule has 0 atom stereocenters. The highest BCUT2D eigenvalue weighted by Gasteiger charge is 2.49. The smallest absolute Gasteiger partial charge is 0.407 e. The van der Waals surface area contributed by atoms with Crippen molar-refractivity contribution in [1.29, 1.82) is 0 Å². The van der Waals surface area contributed by atoms with Gasteiger partial charge in [0.05, 0.1) is 12.1 Å². The van der Waals surface area contributed by atoms with Crippen LogP contribution in [-0.2, 0) is 0 Å². The van der Waals surface area contributed by atoms with Gasteiger partial charge in [0.25, 0.3) is 0 Å². The van der Waals surface area contributed by atoms with Crippen LogP contribution in [0, 0.1) is 0 Å². The van der Waals surface area contributed by atoms with Crippen LogP contribution in [0.1, 0.15) is 19.3 Å². The van der Waals surface area contributed by atoms with E-state index < -0.39 is 11.6 Å².